The van der Waals surface area contributed by atoms with Crippen LogP contribution < -0.4 is 5.32 Å². The molecule has 0 saturated carbocycles. The smallest absolute Gasteiger partial charge is 0.274 e. The number of anilines is 1. The molecule has 3 heterocycles. The number of rotatable bonds is 4. The molecule has 7 nitrogen and oxygen atoms in total. The molecule has 1 N–H and O–H groups in total. The third-order valence-corrected chi connectivity index (χ3v) is 7.19. The van der Waals surface area contributed by atoms with Gasteiger partial charge >= 0.3 is 0 Å². The molecule has 3 aromatic rings. The average Bonchev–Trinajstić information content (AvgIpc) is 3.30. The van der Waals surface area contributed by atoms with E-state index < -0.39 is 0 Å². The van der Waals surface area contributed by atoms with E-state index in [1.54, 1.807) is 23.4 Å². The van der Waals surface area contributed by atoms with Crippen LogP contribution in [0.5, 0.6) is 0 Å². The molecule has 0 spiro atoms. The quantitative estimate of drug-likeness (QED) is 0.606. The normalized spacial score (nSPS) is 18.3. The Kier molecular flexibility index (Phi) is 6.38. The fraction of sp³-hybridized carbons (Fsp3) is 0.370. The monoisotopic (exact) mass is 476 g/mol. The van der Waals surface area contributed by atoms with Crippen molar-refractivity contribution >= 4 is 17.5 Å². The molecule has 2 amide bonds. The lowest BCUT2D eigenvalue weighted by Gasteiger charge is -2.32. The lowest BCUT2D eigenvalue weighted by atomic mass is 9.95. The van der Waals surface area contributed by atoms with Gasteiger partial charge in [0, 0.05) is 24.7 Å². The van der Waals surface area contributed by atoms with Crippen LogP contribution in [-0.2, 0) is 22.7 Å². The van der Waals surface area contributed by atoms with Crippen LogP contribution in [0.2, 0.25) is 0 Å². The highest BCUT2D eigenvalue weighted by molar-refractivity contribution is 5.95. The van der Waals surface area contributed by atoms with E-state index in [2.05, 4.69) is 10.3 Å². The number of nitrogens with zero attached hydrogens (tertiary/aromatic N) is 3. The summed E-state index contributed by atoms with van der Waals surface area (Å²) < 4.78 is 21.2. The number of likely N-dealkylation sites (tertiary alicyclic amines) is 1. The van der Waals surface area contributed by atoms with E-state index in [-0.39, 0.29) is 36.3 Å². The molecule has 2 aliphatic heterocycles. The standard InChI is InChI=1S/C27H29FN4O3/c1-17-4-3-5-22(18(17)2)30-26(33)20-10-12-31(13-11-20)27(34)25-23-15-35-24(14-32(23)16-29-25)19-6-8-21(28)9-7-19/h3-9,16,20,24H,10-15H2,1-2H3,(H,30,33). The van der Waals surface area contributed by atoms with Gasteiger partial charge in [-0.15, -0.1) is 0 Å². The van der Waals surface area contributed by atoms with Crippen LogP contribution in [0.3, 0.4) is 0 Å². The van der Waals surface area contributed by atoms with E-state index in [0.717, 1.165) is 28.1 Å². The summed E-state index contributed by atoms with van der Waals surface area (Å²) >= 11 is 0. The molecule has 2 aliphatic rings. The van der Waals surface area contributed by atoms with Crippen molar-refractivity contribution in [2.24, 2.45) is 5.92 Å². The van der Waals surface area contributed by atoms with E-state index in [1.807, 2.05) is 36.6 Å². The number of imidazole rings is 1. The maximum Gasteiger partial charge on any atom is 0.274 e. The summed E-state index contributed by atoms with van der Waals surface area (Å²) in [5.74, 6) is -0.539. The second-order valence-electron chi connectivity index (χ2n) is 9.35. The zero-order valence-corrected chi connectivity index (χ0v) is 20.0. The first-order valence-electron chi connectivity index (χ1n) is 12.0. The SMILES string of the molecule is Cc1cccc(NC(=O)C2CCN(C(=O)c3ncn4c3COC(c3ccc(F)cc3)C4)CC2)c1C. The van der Waals surface area contributed by atoms with Crippen molar-refractivity contribution in [3.05, 3.63) is 82.7 Å². The topological polar surface area (TPSA) is 76.5 Å². The van der Waals surface area contributed by atoms with E-state index in [4.69, 9.17) is 4.74 Å². The van der Waals surface area contributed by atoms with Gasteiger partial charge < -0.3 is 19.5 Å². The summed E-state index contributed by atoms with van der Waals surface area (Å²) in [5.41, 5.74) is 5.10. The number of amides is 2. The third-order valence-electron chi connectivity index (χ3n) is 7.19. The predicted octanol–water partition coefficient (Wildman–Crippen LogP) is 4.40. The molecule has 8 heteroatoms. The molecule has 1 atom stereocenters. The summed E-state index contributed by atoms with van der Waals surface area (Å²) in [6, 6.07) is 12.2. The summed E-state index contributed by atoms with van der Waals surface area (Å²) in [6.45, 7) is 5.82. The van der Waals surface area contributed by atoms with Gasteiger partial charge in [-0.1, -0.05) is 24.3 Å². The highest BCUT2D eigenvalue weighted by atomic mass is 19.1. The molecule has 2 aromatic carbocycles. The van der Waals surface area contributed by atoms with Crippen molar-refractivity contribution in [3.63, 3.8) is 0 Å². The minimum absolute atomic E-state index is 0.00500. The van der Waals surface area contributed by atoms with Gasteiger partial charge in [-0.2, -0.15) is 0 Å². The molecule has 0 bridgehead atoms. The number of piperidine rings is 1. The van der Waals surface area contributed by atoms with Gasteiger partial charge in [0.05, 0.1) is 25.2 Å². The van der Waals surface area contributed by atoms with Crippen LogP contribution in [0, 0.1) is 25.6 Å². The molecule has 5 rings (SSSR count). The Hall–Kier alpha value is -3.52. The largest absolute Gasteiger partial charge is 0.365 e. The Morgan fingerprint density at radius 1 is 1.09 bits per heavy atom. The van der Waals surface area contributed by atoms with Crippen LogP contribution in [0.4, 0.5) is 10.1 Å². The molecule has 0 radical (unpaired) electrons. The van der Waals surface area contributed by atoms with Gasteiger partial charge in [-0.05, 0) is 61.6 Å². The number of carbonyl (C=O) groups excluding carboxylic acids is 2. The van der Waals surface area contributed by atoms with Crippen molar-refractivity contribution in [2.75, 3.05) is 18.4 Å². The summed E-state index contributed by atoms with van der Waals surface area (Å²) in [6.07, 6.45) is 2.68. The molecule has 1 fully saturated rings. The zero-order chi connectivity index (χ0) is 24.5. The Balaban J connectivity index is 1.19. The summed E-state index contributed by atoms with van der Waals surface area (Å²) in [4.78, 5) is 32.2. The van der Waals surface area contributed by atoms with Crippen LogP contribution >= 0.6 is 0 Å². The van der Waals surface area contributed by atoms with E-state index >= 15 is 0 Å². The Bertz CT molecular complexity index is 1250. The predicted molar refractivity (Wildman–Crippen MR) is 129 cm³/mol. The van der Waals surface area contributed by atoms with Crippen LogP contribution in [-0.4, -0.2) is 39.4 Å². The van der Waals surface area contributed by atoms with Gasteiger partial charge in [-0.25, -0.2) is 9.37 Å². The average molecular weight is 477 g/mol. The van der Waals surface area contributed by atoms with E-state index in [1.165, 1.54) is 12.1 Å². The van der Waals surface area contributed by atoms with Crippen LogP contribution in [0.15, 0.2) is 48.8 Å². The van der Waals surface area contributed by atoms with Crippen LogP contribution in [0.1, 0.15) is 51.8 Å². The lowest BCUT2D eigenvalue weighted by molar-refractivity contribution is -0.121. The Morgan fingerprint density at radius 2 is 1.83 bits per heavy atom. The zero-order valence-electron chi connectivity index (χ0n) is 20.0. The second-order valence-corrected chi connectivity index (χ2v) is 9.35. The maximum atomic E-state index is 13.2. The first kappa shape index (κ1) is 23.2. The maximum absolute atomic E-state index is 13.2. The molecule has 1 saturated heterocycles. The fourth-order valence-electron chi connectivity index (χ4n) is 4.80. The number of nitrogens with one attached hydrogen (secondary N) is 1. The number of aryl methyl sites for hydroxylation is 1. The van der Waals surface area contributed by atoms with Crippen LogP contribution in [0.25, 0.3) is 0 Å². The second kappa shape index (κ2) is 9.62. The van der Waals surface area contributed by atoms with Crippen molar-refractivity contribution in [1.82, 2.24) is 14.5 Å². The first-order valence-corrected chi connectivity index (χ1v) is 12.0. The van der Waals surface area contributed by atoms with Gasteiger partial charge in [0.15, 0.2) is 5.69 Å². The summed E-state index contributed by atoms with van der Waals surface area (Å²) in [5, 5.41) is 3.06. The number of hydrogen-bond acceptors (Lipinski definition) is 4. The van der Waals surface area contributed by atoms with Crippen molar-refractivity contribution < 1.29 is 18.7 Å². The minimum atomic E-state index is -0.285. The van der Waals surface area contributed by atoms with Gasteiger partial charge in [0.2, 0.25) is 5.91 Å². The fourth-order valence-corrected chi connectivity index (χ4v) is 4.80. The first-order chi connectivity index (χ1) is 16.9. The highest BCUT2D eigenvalue weighted by Crippen LogP contribution is 2.29. The van der Waals surface area contributed by atoms with Gasteiger partial charge in [-0.3, -0.25) is 9.59 Å². The molecule has 1 aromatic heterocycles. The lowest BCUT2D eigenvalue weighted by Crippen LogP contribution is -2.42. The number of ether oxygens (including phenoxy) is 1. The Labute approximate surface area is 203 Å². The Morgan fingerprint density at radius 3 is 2.57 bits per heavy atom. The molecule has 0 aliphatic carbocycles. The highest BCUT2D eigenvalue weighted by Gasteiger charge is 2.32. The third kappa shape index (κ3) is 4.71. The number of carbonyl (C=O) groups is 2. The molecule has 182 valence electrons. The van der Waals surface area contributed by atoms with E-state index in [9.17, 15) is 14.0 Å². The number of halogens is 1. The van der Waals surface area contributed by atoms with Crippen molar-refractivity contribution in [1.29, 1.82) is 0 Å². The van der Waals surface area contributed by atoms with Crippen molar-refractivity contribution in [3.8, 4) is 0 Å². The van der Waals surface area contributed by atoms with Gasteiger partial charge in [0.25, 0.3) is 5.91 Å². The number of benzene rings is 2. The number of aromatic nitrogens is 2. The minimum Gasteiger partial charge on any atom is -0.365 e. The number of hydrogen-bond donors (Lipinski definition) is 1. The van der Waals surface area contributed by atoms with E-state index in [0.29, 0.717) is 38.2 Å². The molecule has 1 unspecified atom stereocenters. The molecular weight excluding hydrogens is 447 g/mol. The van der Waals surface area contributed by atoms with Gasteiger partial charge in [0.1, 0.15) is 11.9 Å². The molecule has 35 heavy (non-hydrogen) atoms. The summed E-state index contributed by atoms with van der Waals surface area (Å²) in [7, 11) is 0. The molecular formula is C27H29FN4O3. The van der Waals surface area contributed by atoms with Crippen molar-refractivity contribution in [2.45, 2.75) is 45.9 Å². The number of fused-ring (bicyclic) bond motifs is 1.